The summed E-state index contributed by atoms with van der Waals surface area (Å²) in [5.41, 5.74) is 6.74. The summed E-state index contributed by atoms with van der Waals surface area (Å²) in [6.45, 7) is 3.99. The van der Waals surface area contributed by atoms with Gasteiger partial charge in [-0.3, -0.25) is 10.1 Å². The van der Waals surface area contributed by atoms with Gasteiger partial charge >= 0.3 is 0 Å². The Balaban J connectivity index is 1.50. The van der Waals surface area contributed by atoms with Crippen LogP contribution in [0.2, 0.25) is 0 Å². The fraction of sp³-hybridized carbons (Fsp3) is 0.250. The molecule has 1 N–H and O–H groups in total. The van der Waals surface area contributed by atoms with Crippen LogP contribution in [0.15, 0.2) is 53.8 Å². The van der Waals surface area contributed by atoms with Crippen molar-refractivity contribution >= 4 is 11.5 Å². The van der Waals surface area contributed by atoms with Crippen LogP contribution >= 0.6 is 0 Å². The Bertz CT molecular complexity index is 958. The molecule has 3 aromatic rings. The molecule has 0 radical (unpaired) electrons. The molecule has 26 heavy (non-hydrogen) atoms. The predicted octanol–water partition coefficient (Wildman–Crippen LogP) is 2.66. The highest BCUT2D eigenvalue weighted by atomic mass is 16.5. The predicted molar refractivity (Wildman–Crippen MR) is 101 cm³/mol. The van der Waals surface area contributed by atoms with E-state index in [0.717, 1.165) is 61.2 Å². The number of ether oxygens (including phenoxy) is 1. The highest BCUT2D eigenvalue weighted by Gasteiger charge is 2.20. The Morgan fingerprint density at radius 3 is 2.73 bits per heavy atom. The molecule has 2 aliphatic rings. The van der Waals surface area contributed by atoms with Crippen molar-refractivity contribution in [2.24, 2.45) is 4.99 Å². The SMILES string of the molecule is c1cc(-c2ccc3c(c2)C(c2ccnc(N4CCOCC4)c2)=NC3)[nH]n1. The number of rotatable bonds is 3. The zero-order valence-electron chi connectivity index (χ0n) is 14.4. The molecule has 2 aliphatic heterocycles. The molecule has 0 unspecified atom stereocenters. The molecule has 0 aliphatic carbocycles. The number of pyridine rings is 1. The van der Waals surface area contributed by atoms with Crippen molar-refractivity contribution in [3.05, 3.63) is 65.5 Å². The lowest BCUT2D eigenvalue weighted by Crippen LogP contribution is -2.36. The Kier molecular flexibility index (Phi) is 3.75. The smallest absolute Gasteiger partial charge is 0.129 e. The van der Waals surface area contributed by atoms with Crippen LogP contribution in [0.4, 0.5) is 5.82 Å². The molecule has 4 heterocycles. The van der Waals surface area contributed by atoms with Gasteiger partial charge in [0.25, 0.3) is 0 Å². The molecule has 2 aromatic heterocycles. The lowest BCUT2D eigenvalue weighted by atomic mass is 9.97. The lowest BCUT2D eigenvalue weighted by Gasteiger charge is -2.28. The summed E-state index contributed by atoms with van der Waals surface area (Å²) in [5, 5.41) is 7.09. The van der Waals surface area contributed by atoms with Gasteiger partial charge in [0.1, 0.15) is 5.82 Å². The molecule has 0 atom stereocenters. The van der Waals surface area contributed by atoms with E-state index in [1.54, 1.807) is 6.20 Å². The Morgan fingerprint density at radius 1 is 0.962 bits per heavy atom. The van der Waals surface area contributed by atoms with E-state index in [1.807, 2.05) is 18.3 Å². The van der Waals surface area contributed by atoms with E-state index in [1.165, 1.54) is 11.1 Å². The van der Waals surface area contributed by atoms with Crippen LogP contribution < -0.4 is 4.90 Å². The number of aliphatic imine (C=N–C) groups is 1. The Morgan fingerprint density at radius 2 is 1.88 bits per heavy atom. The molecule has 1 aromatic carbocycles. The topological polar surface area (TPSA) is 66.4 Å². The maximum atomic E-state index is 5.45. The summed E-state index contributed by atoms with van der Waals surface area (Å²) in [5.74, 6) is 0.992. The normalized spacial score (nSPS) is 16.5. The fourth-order valence-electron chi connectivity index (χ4n) is 3.55. The average Bonchev–Trinajstić information content (AvgIpc) is 3.38. The first-order valence-electron chi connectivity index (χ1n) is 8.85. The van der Waals surface area contributed by atoms with E-state index < -0.39 is 0 Å². The third-order valence-electron chi connectivity index (χ3n) is 4.94. The number of nitrogens with one attached hydrogen (secondary N) is 1. The number of benzene rings is 1. The number of hydrogen-bond donors (Lipinski definition) is 1. The highest BCUT2D eigenvalue weighted by Crippen LogP contribution is 2.28. The van der Waals surface area contributed by atoms with E-state index in [0.29, 0.717) is 0 Å². The Labute approximate surface area is 151 Å². The molecule has 0 amide bonds. The van der Waals surface area contributed by atoms with E-state index in [9.17, 15) is 0 Å². The average molecular weight is 345 g/mol. The second kappa shape index (κ2) is 6.38. The summed E-state index contributed by atoms with van der Waals surface area (Å²) < 4.78 is 5.45. The van der Waals surface area contributed by atoms with Gasteiger partial charge in [0, 0.05) is 42.2 Å². The summed E-state index contributed by atoms with van der Waals surface area (Å²) in [6.07, 6.45) is 3.65. The fourth-order valence-corrected chi connectivity index (χ4v) is 3.55. The second-order valence-corrected chi connectivity index (χ2v) is 6.51. The maximum absolute atomic E-state index is 5.45. The number of nitrogens with zero attached hydrogens (tertiary/aromatic N) is 4. The molecule has 0 bridgehead atoms. The third kappa shape index (κ3) is 2.68. The van der Waals surface area contributed by atoms with E-state index >= 15 is 0 Å². The molecular weight excluding hydrogens is 326 g/mol. The zero-order chi connectivity index (χ0) is 17.3. The molecule has 6 nitrogen and oxygen atoms in total. The summed E-state index contributed by atoms with van der Waals surface area (Å²) in [7, 11) is 0. The van der Waals surface area contributed by atoms with Crippen LogP contribution in [0.5, 0.6) is 0 Å². The van der Waals surface area contributed by atoms with E-state index in [4.69, 9.17) is 9.73 Å². The minimum atomic E-state index is 0.725. The van der Waals surface area contributed by atoms with Gasteiger partial charge in [-0.1, -0.05) is 12.1 Å². The first-order chi connectivity index (χ1) is 12.9. The van der Waals surface area contributed by atoms with Crippen molar-refractivity contribution in [2.75, 3.05) is 31.2 Å². The van der Waals surface area contributed by atoms with Gasteiger partial charge in [-0.2, -0.15) is 5.10 Å². The van der Waals surface area contributed by atoms with Gasteiger partial charge in [-0.15, -0.1) is 0 Å². The van der Waals surface area contributed by atoms with Crippen molar-refractivity contribution in [3.63, 3.8) is 0 Å². The van der Waals surface area contributed by atoms with Crippen LogP contribution in [0.3, 0.4) is 0 Å². The van der Waals surface area contributed by atoms with Crippen LogP contribution in [0.25, 0.3) is 11.3 Å². The lowest BCUT2D eigenvalue weighted by molar-refractivity contribution is 0.122. The van der Waals surface area contributed by atoms with Gasteiger partial charge in [0.2, 0.25) is 0 Å². The Hall–Kier alpha value is -2.99. The van der Waals surface area contributed by atoms with Crippen LogP contribution in [0.1, 0.15) is 16.7 Å². The third-order valence-corrected chi connectivity index (χ3v) is 4.94. The minimum absolute atomic E-state index is 0.725. The maximum Gasteiger partial charge on any atom is 0.129 e. The van der Waals surface area contributed by atoms with Crippen molar-refractivity contribution in [1.29, 1.82) is 0 Å². The monoisotopic (exact) mass is 345 g/mol. The molecule has 6 heteroatoms. The van der Waals surface area contributed by atoms with Crippen LogP contribution in [0, 0.1) is 0 Å². The number of aromatic nitrogens is 3. The van der Waals surface area contributed by atoms with Crippen LogP contribution in [-0.4, -0.2) is 47.2 Å². The number of aromatic amines is 1. The number of H-pyrrole nitrogens is 1. The van der Waals surface area contributed by atoms with Crippen molar-refractivity contribution in [2.45, 2.75) is 6.54 Å². The first-order valence-corrected chi connectivity index (χ1v) is 8.85. The summed E-state index contributed by atoms with van der Waals surface area (Å²) >= 11 is 0. The quantitative estimate of drug-likeness (QED) is 0.792. The molecule has 5 rings (SSSR count). The number of morpholine rings is 1. The molecular formula is C20H19N5O. The molecule has 130 valence electrons. The molecule has 1 fully saturated rings. The second-order valence-electron chi connectivity index (χ2n) is 6.51. The number of anilines is 1. The number of fused-ring (bicyclic) bond motifs is 1. The minimum Gasteiger partial charge on any atom is -0.378 e. The van der Waals surface area contributed by atoms with Gasteiger partial charge in [0.05, 0.1) is 31.2 Å². The van der Waals surface area contributed by atoms with E-state index in [2.05, 4.69) is 44.3 Å². The van der Waals surface area contributed by atoms with E-state index in [-0.39, 0.29) is 0 Å². The van der Waals surface area contributed by atoms with Crippen molar-refractivity contribution in [3.8, 4) is 11.3 Å². The van der Waals surface area contributed by atoms with Gasteiger partial charge < -0.3 is 9.64 Å². The summed E-state index contributed by atoms with van der Waals surface area (Å²) in [4.78, 5) is 11.6. The molecule has 0 saturated carbocycles. The standard InChI is InChI=1S/C20H19N5O/c1-2-16-13-22-20(17(16)11-14(1)18-4-6-23-24-18)15-3-5-21-19(12-15)25-7-9-26-10-8-25/h1-6,11-12H,7-10,13H2,(H,23,24). The first kappa shape index (κ1) is 15.3. The van der Waals surface area contributed by atoms with Gasteiger partial charge in [-0.05, 0) is 29.8 Å². The van der Waals surface area contributed by atoms with Crippen LogP contribution in [-0.2, 0) is 11.3 Å². The van der Waals surface area contributed by atoms with Gasteiger partial charge in [0.15, 0.2) is 0 Å². The largest absolute Gasteiger partial charge is 0.378 e. The van der Waals surface area contributed by atoms with Gasteiger partial charge in [-0.25, -0.2) is 4.98 Å². The highest BCUT2D eigenvalue weighted by molar-refractivity contribution is 6.15. The zero-order valence-corrected chi connectivity index (χ0v) is 14.4. The van der Waals surface area contributed by atoms with Crippen molar-refractivity contribution < 1.29 is 4.74 Å². The van der Waals surface area contributed by atoms with Crippen molar-refractivity contribution in [1.82, 2.24) is 15.2 Å². The number of hydrogen-bond acceptors (Lipinski definition) is 5. The molecule has 0 spiro atoms. The summed E-state index contributed by atoms with van der Waals surface area (Å²) in [6, 6.07) is 12.6. The molecule has 1 saturated heterocycles.